The first-order valence-electron chi connectivity index (χ1n) is 4.60. The van der Waals surface area contributed by atoms with Crippen molar-refractivity contribution in [1.82, 2.24) is 5.32 Å². The second-order valence-electron chi connectivity index (χ2n) is 3.65. The van der Waals surface area contributed by atoms with Crippen LogP contribution in [0.25, 0.3) is 0 Å². The molecule has 0 saturated carbocycles. The lowest BCUT2D eigenvalue weighted by atomic mass is 9.94. The van der Waals surface area contributed by atoms with Crippen LogP contribution in [0.2, 0.25) is 0 Å². The van der Waals surface area contributed by atoms with Crippen LogP contribution in [-0.2, 0) is 4.74 Å². The van der Waals surface area contributed by atoms with Crippen LogP contribution < -0.4 is 5.32 Å². The Bertz CT molecular complexity index is 189. The van der Waals surface area contributed by atoms with Crippen molar-refractivity contribution in [1.29, 1.82) is 0 Å². The highest BCUT2D eigenvalue weighted by Gasteiger charge is 2.45. The quantitative estimate of drug-likeness (QED) is 0.377. The van der Waals surface area contributed by atoms with Crippen LogP contribution in [0.1, 0.15) is 6.42 Å². The average molecular weight is 189 g/mol. The van der Waals surface area contributed by atoms with E-state index in [0.29, 0.717) is 0 Å². The number of hydrogen-bond donors (Lipinski definition) is 4. The summed E-state index contributed by atoms with van der Waals surface area (Å²) in [5, 5.41) is 31.1. The van der Waals surface area contributed by atoms with Gasteiger partial charge >= 0.3 is 0 Å². The Balaban J connectivity index is 2.08. The lowest BCUT2D eigenvalue weighted by molar-refractivity contribution is -0.184. The molecule has 2 heterocycles. The Morgan fingerprint density at radius 1 is 1.31 bits per heavy atom. The smallest absolute Gasteiger partial charge is 0.110 e. The summed E-state index contributed by atoms with van der Waals surface area (Å²) in [4.78, 5) is 0. The van der Waals surface area contributed by atoms with Gasteiger partial charge in [-0.05, 0) is 13.0 Å². The molecule has 0 aromatic carbocycles. The first-order chi connectivity index (χ1) is 6.24. The van der Waals surface area contributed by atoms with Crippen LogP contribution in [0, 0.1) is 0 Å². The van der Waals surface area contributed by atoms with Gasteiger partial charge in [0.2, 0.25) is 0 Å². The summed E-state index contributed by atoms with van der Waals surface area (Å²) in [6, 6.07) is -0.183. The van der Waals surface area contributed by atoms with Crippen LogP contribution in [0.5, 0.6) is 0 Å². The van der Waals surface area contributed by atoms with Gasteiger partial charge in [0.05, 0.1) is 18.8 Å². The summed E-state index contributed by atoms with van der Waals surface area (Å²) in [6.45, 7) is 0.540. The maximum atomic E-state index is 9.65. The van der Waals surface area contributed by atoms with E-state index in [1.54, 1.807) is 0 Å². The first-order valence-corrected chi connectivity index (χ1v) is 4.60. The number of ether oxygens (including phenoxy) is 1. The third-order valence-electron chi connectivity index (χ3n) is 2.84. The minimum absolute atomic E-state index is 0.0736. The molecular weight excluding hydrogens is 174 g/mol. The number of aliphatic hydroxyl groups excluding tert-OH is 3. The first kappa shape index (κ1) is 9.36. The standard InChI is InChI=1S/C8H15NO4/c10-3-5-7(11)8(12)6-4(13-5)1-2-9-6/h4-12H,1-3H2/t4-,5?,6+,7?,8?/m0/s1. The van der Waals surface area contributed by atoms with Gasteiger partial charge in [-0.1, -0.05) is 0 Å². The minimum atomic E-state index is -0.989. The molecule has 5 nitrogen and oxygen atoms in total. The van der Waals surface area contributed by atoms with Crippen molar-refractivity contribution in [2.24, 2.45) is 0 Å². The van der Waals surface area contributed by atoms with E-state index in [1.807, 2.05) is 0 Å². The van der Waals surface area contributed by atoms with Gasteiger partial charge in [-0.25, -0.2) is 0 Å². The molecule has 0 bridgehead atoms. The van der Waals surface area contributed by atoms with Crippen molar-refractivity contribution in [3.63, 3.8) is 0 Å². The Hall–Kier alpha value is -0.200. The normalized spacial score (nSPS) is 50.5. The summed E-state index contributed by atoms with van der Waals surface area (Å²) in [5.41, 5.74) is 0. The van der Waals surface area contributed by atoms with E-state index in [2.05, 4.69) is 5.32 Å². The van der Waals surface area contributed by atoms with Crippen molar-refractivity contribution in [2.75, 3.05) is 13.2 Å². The summed E-state index contributed by atoms with van der Waals surface area (Å²) >= 11 is 0. The lowest BCUT2D eigenvalue weighted by Gasteiger charge is -2.39. The predicted molar refractivity (Wildman–Crippen MR) is 44.2 cm³/mol. The van der Waals surface area contributed by atoms with Crippen LogP contribution in [-0.4, -0.2) is 58.9 Å². The summed E-state index contributed by atoms with van der Waals surface area (Å²) in [6.07, 6.45) is -1.72. The van der Waals surface area contributed by atoms with Gasteiger partial charge in [0.25, 0.3) is 0 Å². The molecule has 0 aromatic rings. The molecule has 4 N–H and O–H groups in total. The molecule has 13 heavy (non-hydrogen) atoms. The van der Waals surface area contributed by atoms with E-state index < -0.39 is 18.3 Å². The highest BCUT2D eigenvalue weighted by atomic mass is 16.5. The highest BCUT2D eigenvalue weighted by Crippen LogP contribution is 2.25. The molecule has 5 heteroatoms. The fraction of sp³-hybridized carbons (Fsp3) is 1.00. The molecule has 2 rings (SSSR count). The fourth-order valence-electron chi connectivity index (χ4n) is 2.09. The van der Waals surface area contributed by atoms with E-state index in [1.165, 1.54) is 0 Å². The summed E-state index contributed by atoms with van der Waals surface area (Å²) < 4.78 is 5.42. The Morgan fingerprint density at radius 2 is 2.08 bits per heavy atom. The van der Waals surface area contributed by atoms with E-state index in [9.17, 15) is 10.2 Å². The number of hydrogen-bond acceptors (Lipinski definition) is 5. The monoisotopic (exact) mass is 189 g/mol. The van der Waals surface area contributed by atoms with Crippen LogP contribution in [0.15, 0.2) is 0 Å². The molecule has 2 fully saturated rings. The second-order valence-corrected chi connectivity index (χ2v) is 3.65. The van der Waals surface area contributed by atoms with Gasteiger partial charge in [0.1, 0.15) is 18.3 Å². The highest BCUT2D eigenvalue weighted by molar-refractivity contribution is 4.99. The molecule has 0 aliphatic carbocycles. The molecule has 0 amide bonds. The SMILES string of the molecule is OCC1O[C@H]2CCN[C@H]2C(O)C1O. The predicted octanol–water partition coefficient (Wildman–Crippen LogP) is -2.17. The number of nitrogens with one attached hydrogen (secondary N) is 1. The van der Waals surface area contributed by atoms with E-state index in [4.69, 9.17) is 9.84 Å². The zero-order chi connectivity index (χ0) is 9.42. The minimum Gasteiger partial charge on any atom is -0.394 e. The molecule has 0 spiro atoms. The van der Waals surface area contributed by atoms with Gasteiger partial charge in [-0.2, -0.15) is 0 Å². The number of fused-ring (bicyclic) bond motifs is 1. The molecule has 2 aliphatic heterocycles. The van der Waals surface area contributed by atoms with Crippen LogP contribution in [0.3, 0.4) is 0 Å². The Kier molecular flexibility index (Phi) is 2.53. The lowest BCUT2D eigenvalue weighted by Crippen LogP contribution is -2.59. The molecular formula is C8H15NO4. The van der Waals surface area contributed by atoms with Gasteiger partial charge in [-0.15, -0.1) is 0 Å². The van der Waals surface area contributed by atoms with Gasteiger partial charge in [-0.3, -0.25) is 0 Å². The van der Waals surface area contributed by atoms with Crippen LogP contribution >= 0.6 is 0 Å². The third kappa shape index (κ3) is 1.47. The Morgan fingerprint density at radius 3 is 2.77 bits per heavy atom. The van der Waals surface area contributed by atoms with Crippen molar-refractivity contribution < 1.29 is 20.1 Å². The molecule has 2 saturated heterocycles. The maximum Gasteiger partial charge on any atom is 0.110 e. The maximum absolute atomic E-state index is 9.65. The number of rotatable bonds is 1. The van der Waals surface area contributed by atoms with Crippen molar-refractivity contribution >= 4 is 0 Å². The van der Waals surface area contributed by atoms with Crippen molar-refractivity contribution in [2.45, 2.75) is 36.9 Å². The third-order valence-corrected chi connectivity index (χ3v) is 2.84. The van der Waals surface area contributed by atoms with E-state index >= 15 is 0 Å². The van der Waals surface area contributed by atoms with Crippen molar-refractivity contribution in [3.8, 4) is 0 Å². The molecule has 76 valence electrons. The molecule has 3 unspecified atom stereocenters. The fourth-order valence-corrected chi connectivity index (χ4v) is 2.09. The molecule has 5 atom stereocenters. The molecule has 2 aliphatic rings. The summed E-state index contributed by atoms with van der Waals surface area (Å²) in [7, 11) is 0. The largest absolute Gasteiger partial charge is 0.394 e. The van der Waals surface area contributed by atoms with E-state index in [0.717, 1.165) is 13.0 Å². The molecule has 0 radical (unpaired) electrons. The van der Waals surface area contributed by atoms with E-state index in [-0.39, 0.29) is 18.8 Å². The Labute approximate surface area is 76.3 Å². The average Bonchev–Trinajstić information content (AvgIpc) is 2.59. The topological polar surface area (TPSA) is 82.0 Å². The summed E-state index contributed by atoms with van der Waals surface area (Å²) in [5.74, 6) is 0. The zero-order valence-electron chi connectivity index (χ0n) is 7.26. The van der Waals surface area contributed by atoms with Gasteiger partial charge in [0.15, 0.2) is 0 Å². The second kappa shape index (κ2) is 3.51. The van der Waals surface area contributed by atoms with Gasteiger partial charge in [0, 0.05) is 0 Å². The van der Waals surface area contributed by atoms with Crippen molar-refractivity contribution in [3.05, 3.63) is 0 Å². The number of aliphatic hydroxyl groups is 3. The van der Waals surface area contributed by atoms with Gasteiger partial charge < -0.3 is 25.4 Å². The molecule has 0 aromatic heterocycles. The van der Waals surface area contributed by atoms with Crippen LogP contribution in [0.4, 0.5) is 0 Å². The zero-order valence-corrected chi connectivity index (χ0v) is 7.26.